The summed E-state index contributed by atoms with van der Waals surface area (Å²) in [5.74, 6) is 0.214. The first-order valence-electron chi connectivity index (χ1n) is 7.91. The molecule has 124 valence electrons. The topological polar surface area (TPSA) is 49.3 Å². The maximum Gasteiger partial charge on any atom is 0.134 e. The van der Waals surface area contributed by atoms with Crippen LogP contribution in [0.15, 0.2) is 60.7 Å². The maximum atomic E-state index is 10.6. The van der Waals surface area contributed by atoms with Gasteiger partial charge in [0, 0.05) is 6.42 Å². The summed E-state index contributed by atoms with van der Waals surface area (Å²) < 4.78 is 0. The van der Waals surface area contributed by atoms with Gasteiger partial charge < -0.3 is 10.4 Å². The van der Waals surface area contributed by atoms with Crippen LogP contribution >= 0.6 is 0 Å². The molecule has 3 heteroatoms. The molecule has 0 aliphatic heterocycles. The second kappa shape index (κ2) is 9.93. The number of benzene rings is 2. The monoisotopic (exact) mass is 313 g/mol. The molecule has 3 nitrogen and oxygen atoms in total. The molecule has 0 fully saturated rings. The molecule has 0 spiro atoms. The van der Waals surface area contributed by atoms with Crippen molar-refractivity contribution in [1.82, 2.24) is 5.32 Å². The van der Waals surface area contributed by atoms with Gasteiger partial charge >= 0.3 is 0 Å². The molecule has 1 unspecified atom stereocenters. The fourth-order valence-electron chi connectivity index (χ4n) is 2.19. The Bertz CT molecular complexity index is 565. The number of Topliss-reactive ketones (excluding diaryl/α,β-unsaturated/α-hetero) is 1. The van der Waals surface area contributed by atoms with E-state index in [1.165, 1.54) is 0 Å². The number of carbonyl (C=O) groups is 1. The Balaban J connectivity index is 0.000000238. The van der Waals surface area contributed by atoms with E-state index in [0.717, 1.165) is 24.1 Å². The number of rotatable bonds is 6. The zero-order valence-corrected chi connectivity index (χ0v) is 14.3. The Morgan fingerprint density at radius 1 is 1.04 bits per heavy atom. The van der Waals surface area contributed by atoms with Crippen LogP contribution in [0.4, 0.5) is 0 Å². The van der Waals surface area contributed by atoms with Gasteiger partial charge in [-0.2, -0.15) is 0 Å². The highest BCUT2D eigenvalue weighted by molar-refractivity contribution is 5.78. The van der Waals surface area contributed by atoms with Gasteiger partial charge in [0.2, 0.25) is 0 Å². The molecule has 0 saturated carbocycles. The molecule has 0 amide bonds. The number of nitrogens with one attached hydrogen (secondary N) is 1. The first-order valence-corrected chi connectivity index (χ1v) is 7.91. The summed E-state index contributed by atoms with van der Waals surface area (Å²) in [6.45, 7) is 4.27. The van der Waals surface area contributed by atoms with Gasteiger partial charge in [-0.15, -0.1) is 0 Å². The largest absolute Gasteiger partial charge is 0.385 e. The molecule has 1 atom stereocenters. The molecule has 0 saturated heterocycles. The van der Waals surface area contributed by atoms with Crippen LogP contribution < -0.4 is 5.32 Å². The van der Waals surface area contributed by atoms with Crippen molar-refractivity contribution >= 4 is 5.78 Å². The highest BCUT2D eigenvalue weighted by Crippen LogP contribution is 2.23. The number of carbonyl (C=O) groups excluding carboxylic acids is 1. The lowest BCUT2D eigenvalue weighted by molar-refractivity contribution is -0.116. The van der Waals surface area contributed by atoms with E-state index in [0.29, 0.717) is 6.42 Å². The van der Waals surface area contributed by atoms with Gasteiger partial charge in [0.05, 0.1) is 5.60 Å². The molecule has 0 aliphatic carbocycles. The maximum absolute atomic E-state index is 10.6. The second-order valence-corrected chi connectivity index (χ2v) is 5.86. The van der Waals surface area contributed by atoms with Crippen LogP contribution in [0.3, 0.4) is 0 Å². The normalized spacial score (nSPS) is 12.7. The standard InChI is InChI=1S/C11H17NO.C9H10O/c1-11(13,8-9-12-2)10-6-4-3-5-7-10;1-8(10)7-9-5-3-2-4-6-9/h3-7,12-13H,8-9H2,1-2H3;2-6H,7H2,1H3. The summed E-state index contributed by atoms with van der Waals surface area (Å²) in [5.41, 5.74) is 1.35. The zero-order valence-electron chi connectivity index (χ0n) is 14.3. The summed E-state index contributed by atoms with van der Waals surface area (Å²) >= 11 is 0. The highest BCUT2D eigenvalue weighted by Gasteiger charge is 2.21. The van der Waals surface area contributed by atoms with Crippen molar-refractivity contribution in [3.05, 3.63) is 71.8 Å². The van der Waals surface area contributed by atoms with Crippen molar-refractivity contribution in [3.8, 4) is 0 Å². The predicted molar refractivity (Wildman–Crippen MR) is 95.4 cm³/mol. The van der Waals surface area contributed by atoms with E-state index in [2.05, 4.69) is 5.32 Å². The lowest BCUT2D eigenvalue weighted by Gasteiger charge is -2.23. The van der Waals surface area contributed by atoms with Crippen molar-refractivity contribution in [2.24, 2.45) is 0 Å². The van der Waals surface area contributed by atoms with Gasteiger partial charge in [0.25, 0.3) is 0 Å². The lowest BCUT2D eigenvalue weighted by atomic mass is 9.93. The average Bonchev–Trinajstić information content (AvgIpc) is 2.55. The third kappa shape index (κ3) is 7.73. The fraction of sp³-hybridized carbons (Fsp3) is 0.350. The fourth-order valence-corrected chi connectivity index (χ4v) is 2.19. The van der Waals surface area contributed by atoms with Crippen LogP contribution in [0, 0.1) is 0 Å². The van der Waals surface area contributed by atoms with Gasteiger partial charge in [-0.3, -0.25) is 4.79 Å². The summed E-state index contributed by atoms with van der Waals surface area (Å²) in [5, 5.41) is 13.1. The van der Waals surface area contributed by atoms with Crippen molar-refractivity contribution in [1.29, 1.82) is 0 Å². The van der Waals surface area contributed by atoms with E-state index in [-0.39, 0.29) is 5.78 Å². The molecule has 0 radical (unpaired) electrons. The van der Waals surface area contributed by atoms with E-state index in [4.69, 9.17) is 0 Å². The lowest BCUT2D eigenvalue weighted by Crippen LogP contribution is -2.26. The van der Waals surface area contributed by atoms with Gasteiger partial charge in [-0.25, -0.2) is 0 Å². The van der Waals surface area contributed by atoms with Crippen LogP contribution in [0.25, 0.3) is 0 Å². The first-order chi connectivity index (χ1) is 11.0. The Kier molecular flexibility index (Phi) is 8.23. The molecule has 0 bridgehead atoms. The number of hydrogen-bond acceptors (Lipinski definition) is 3. The van der Waals surface area contributed by atoms with Gasteiger partial charge in [0.1, 0.15) is 5.78 Å². The van der Waals surface area contributed by atoms with Gasteiger partial charge in [0.15, 0.2) is 0 Å². The Labute approximate surface area is 139 Å². The minimum Gasteiger partial charge on any atom is -0.385 e. The zero-order chi connectivity index (χ0) is 17.1. The SMILES string of the molecule is CC(=O)Cc1ccccc1.CNCCC(C)(O)c1ccccc1. The van der Waals surface area contributed by atoms with Crippen molar-refractivity contribution in [3.63, 3.8) is 0 Å². The Hall–Kier alpha value is -1.97. The third-order valence-corrected chi connectivity index (χ3v) is 3.55. The Morgan fingerprint density at radius 2 is 1.57 bits per heavy atom. The first kappa shape index (κ1) is 19.1. The molecule has 0 heterocycles. The number of ketones is 1. The molecular weight excluding hydrogens is 286 g/mol. The van der Waals surface area contributed by atoms with Crippen molar-refractivity contribution < 1.29 is 9.90 Å². The molecule has 2 rings (SSSR count). The molecule has 0 aliphatic rings. The molecule has 23 heavy (non-hydrogen) atoms. The summed E-state index contributed by atoms with van der Waals surface area (Å²) in [4.78, 5) is 10.6. The number of aliphatic hydroxyl groups is 1. The number of hydrogen-bond donors (Lipinski definition) is 2. The smallest absolute Gasteiger partial charge is 0.134 e. The molecule has 2 aromatic carbocycles. The van der Waals surface area contributed by atoms with Crippen LogP contribution in [0.5, 0.6) is 0 Å². The van der Waals surface area contributed by atoms with Gasteiger partial charge in [-0.1, -0.05) is 60.7 Å². The Morgan fingerprint density at radius 3 is 2.04 bits per heavy atom. The van der Waals surface area contributed by atoms with E-state index in [9.17, 15) is 9.90 Å². The minimum atomic E-state index is -0.718. The van der Waals surface area contributed by atoms with Crippen molar-refractivity contribution in [2.45, 2.75) is 32.3 Å². The van der Waals surface area contributed by atoms with Crippen LogP contribution in [0.2, 0.25) is 0 Å². The van der Waals surface area contributed by atoms with Crippen molar-refractivity contribution in [2.75, 3.05) is 13.6 Å². The quantitative estimate of drug-likeness (QED) is 0.860. The highest BCUT2D eigenvalue weighted by atomic mass is 16.3. The van der Waals surface area contributed by atoms with Gasteiger partial charge in [-0.05, 0) is 45.0 Å². The van der Waals surface area contributed by atoms with E-state index >= 15 is 0 Å². The van der Waals surface area contributed by atoms with Crippen LogP contribution in [-0.4, -0.2) is 24.5 Å². The van der Waals surface area contributed by atoms with Crippen LogP contribution in [0.1, 0.15) is 31.4 Å². The van der Waals surface area contributed by atoms with E-state index in [1.807, 2.05) is 74.6 Å². The van der Waals surface area contributed by atoms with E-state index < -0.39 is 5.60 Å². The minimum absolute atomic E-state index is 0.214. The third-order valence-electron chi connectivity index (χ3n) is 3.55. The molecule has 0 aromatic heterocycles. The summed E-state index contributed by atoms with van der Waals surface area (Å²) in [6.07, 6.45) is 1.29. The summed E-state index contributed by atoms with van der Waals surface area (Å²) in [7, 11) is 1.89. The van der Waals surface area contributed by atoms with Crippen LogP contribution in [-0.2, 0) is 16.8 Å². The average molecular weight is 313 g/mol. The molecule has 2 aromatic rings. The molecular formula is C20H27NO2. The van der Waals surface area contributed by atoms with E-state index in [1.54, 1.807) is 6.92 Å². The predicted octanol–water partition coefficient (Wildman–Crippen LogP) is 3.32. The second-order valence-electron chi connectivity index (χ2n) is 5.86. The molecule has 2 N–H and O–H groups in total. The summed E-state index contributed by atoms with van der Waals surface area (Å²) in [6, 6.07) is 19.5.